The number of nitrogens with one attached hydrogen (secondary N) is 1. The van der Waals surface area contributed by atoms with E-state index in [0.29, 0.717) is 24.6 Å². The van der Waals surface area contributed by atoms with E-state index < -0.39 is 23.8 Å². The molecular weight excluding hydrogens is 480 g/mol. The van der Waals surface area contributed by atoms with Crippen LogP contribution >= 0.6 is 11.3 Å². The highest BCUT2D eigenvalue weighted by Gasteiger charge is 2.61. The molecular formula is C26H34N4O5S. The number of hydrogen-bond donors (Lipinski definition) is 3. The molecule has 1 saturated carbocycles. The van der Waals surface area contributed by atoms with Gasteiger partial charge in [-0.2, -0.15) is 0 Å². The number of amides is 1. The van der Waals surface area contributed by atoms with Gasteiger partial charge >= 0.3 is 5.97 Å². The molecule has 9 nitrogen and oxygen atoms in total. The zero-order valence-electron chi connectivity index (χ0n) is 20.5. The zero-order valence-corrected chi connectivity index (χ0v) is 21.3. The van der Waals surface area contributed by atoms with Gasteiger partial charge < -0.3 is 25.6 Å². The van der Waals surface area contributed by atoms with Gasteiger partial charge in [0.15, 0.2) is 0 Å². The monoisotopic (exact) mass is 514 g/mol. The Morgan fingerprint density at radius 1 is 1.31 bits per heavy atom. The molecule has 2 fully saturated rings. The summed E-state index contributed by atoms with van der Waals surface area (Å²) in [6, 6.07) is 6.94. The minimum Gasteiger partial charge on any atom is -0.479 e. The number of nitrogens with zero attached hydrogens (tertiary/aromatic N) is 2. The van der Waals surface area contributed by atoms with Gasteiger partial charge in [-0.1, -0.05) is 48.5 Å². The molecule has 0 radical (unpaired) electrons. The number of para-hydroxylation sites is 1. The first kappa shape index (κ1) is 25.1. The molecule has 2 aliphatic heterocycles. The van der Waals surface area contributed by atoms with Gasteiger partial charge in [-0.25, -0.2) is 9.78 Å². The summed E-state index contributed by atoms with van der Waals surface area (Å²) in [6.45, 7) is 0.434. The SMILES string of the molecule is COC1[C@@H](N)CCCCC/C=C\[C@@H]2C[C@@]2(C(=O)O)NC(=O)[C@@H]2C[C@@H](Oc3nc4ccccc4s3)CN12. The van der Waals surface area contributed by atoms with Crippen LogP contribution in [-0.2, 0) is 14.3 Å². The summed E-state index contributed by atoms with van der Waals surface area (Å²) >= 11 is 1.47. The lowest BCUT2D eigenvalue weighted by Crippen LogP contribution is -2.57. The zero-order chi connectivity index (χ0) is 25.3. The number of nitrogens with two attached hydrogens (primary N) is 1. The van der Waals surface area contributed by atoms with Crippen LogP contribution in [0, 0.1) is 5.92 Å². The third-order valence-corrected chi connectivity index (χ3v) is 8.53. The number of allylic oxidation sites excluding steroid dienone is 1. The number of carboxylic acids is 1. The lowest BCUT2D eigenvalue weighted by molar-refractivity contribution is -0.145. The van der Waals surface area contributed by atoms with Crippen LogP contribution in [0.3, 0.4) is 0 Å². The first-order valence-corrected chi connectivity index (χ1v) is 13.5. The molecule has 3 aliphatic rings. The van der Waals surface area contributed by atoms with Gasteiger partial charge in [0.25, 0.3) is 5.19 Å². The number of thiazole rings is 1. The quantitative estimate of drug-likeness (QED) is 0.532. The third kappa shape index (κ3) is 5.00. The molecule has 1 unspecified atom stereocenters. The van der Waals surface area contributed by atoms with E-state index in [-0.39, 0.29) is 24.0 Å². The Morgan fingerprint density at radius 2 is 2.14 bits per heavy atom. The number of aromatic nitrogens is 1. The van der Waals surface area contributed by atoms with Crippen LogP contribution < -0.4 is 15.8 Å². The molecule has 0 bridgehead atoms. The fourth-order valence-electron chi connectivity index (χ4n) is 5.53. The molecule has 3 heterocycles. The molecule has 2 aromatic rings. The third-order valence-electron chi connectivity index (χ3n) is 7.60. The lowest BCUT2D eigenvalue weighted by Gasteiger charge is -2.35. The number of carboxylic acid groups (broad SMARTS) is 1. The van der Waals surface area contributed by atoms with E-state index in [9.17, 15) is 14.7 Å². The van der Waals surface area contributed by atoms with E-state index >= 15 is 0 Å². The number of carbonyl (C=O) groups excluding carboxylic acids is 1. The van der Waals surface area contributed by atoms with E-state index in [1.165, 1.54) is 11.3 Å². The van der Waals surface area contributed by atoms with Crippen LogP contribution in [0.15, 0.2) is 36.4 Å². The van der Waals surface area contributed by atoms with E-state index in [1.54, 1.807) is 7.11 Å². The summed E-state index contributed by atoms with van der Waals surface area (Å²) in [5.74, 6) is -1.52. The molecule has 36 heavy (non-hydrogen) atoms. The predicted molar refractivity (Wildman–Crippen MR) is 137 cm³/mol. The minimum absolute atomic E-state index is 0.200. The van der Waals surface area contributed by atoms with Crippen LogP contribution in [0.1, 0.15) is 44.9 Å². The summed E-state index contributed by atoms with van der Waals surface area (Å²) in [7, 11) is 1.61. The van der Waals surface area contributed by atoms with Crippen molar-refractivity contribution in [2.45, 2.75) is 74.9 Å². The first-order valence-electron chi connectivity index (χ1n) is 12.7. The second-order valence-corrected chi connectivity index (χ2v) is 11.1. The first-order chi connectivity index (χ1) is 17.4. The number of aliphatic carboxylic acids is 1. The topological polar surface area (TPSA) is 127 Å². The summed E-state index contributed by atoms with van der Waals surface area (Å²) in [5, 5.41) is 13.4. The number of fused-ring (bicyclic) bond motifs is 3. The van der Waals surface area contributed by atoms with Crippen molar-refractivity contribution in [2.75, 3.05) is 13.7 Å². The Balaban J connectivity index is 1.40. The molecule has 0 spiro atoms. The number of carbonyl (C=O) groups is 2. The van der Waals surface area contributed by atoms with Crippen molar-refractivity contribution >= 4 is 33.4 Å². The van der Waals surface area contributed by atoms with Gasteiger partial charge in [0.05, 0.1) is 16.3 Å². The number of benzene rings is 1. The average Bonchev–Trinajstić information content (AvgIpc) is 3.18. The van der Waals surface area contributed by atoms with Crippen LogP contribution in [0.25, 0.3) is 10.2 Å². The molecule has 1 aliphatic carbocycles. The Kier molecular flexibility index (Phi) is 7.30. The molecule has 1 amide bonds. The Bertz CT molecular complexity index is 1110. The van der Waals surface area contributed by atoms with E-state index in [2.05, 4.69) is 10.3 Å². The summed E-state index contributed by atoms with van der Waals surface area (Å²) in [4.78, 5) is 32.3. The number of ether oxygens (including phenoxy) is 2. The minimum atomic E-state index is -1.25. The lowest BCUT2D eigenvalue weighted by atomic mass is 10.0. The van der Waals surface area contributed by atoms with Crippen molar-refractivity contribution in [3.63, 3.8) is 0 Å². The Labute approximate surface area is 214 Å². The number of hydrogen-bond acceptors (Lipinski definition) is 8. The van der Waals surface area contributed by atoms with E-state index in [0.717, 1.165) is 42.3 Å². The fourth-order valence-corrected chi connectivity index (χ4v) is 6.42. The maximum atomic E-state index is 13.6. The fraction of sp³-hybridized carbons (Fsp3) is 0.577. The standard InChI is InChI=1S/C26H34N4O5S/c1-34-23-18(27)10-6-4-2-3-5-9-16-14-26(16,24(32)33)29-22(31)20-13-17(15-30(20)23)35-25-28-19-11-7-8-12-21(19)36-25/h5,7-9,11-12,16-18,20,23H,2-4,6,10,13-15,27H2,1H3,(H,29,31)(H,32,33)/b9-5-/t16-,17-,18+,20+,23?,26-/m1/s1. The molecule has 194 valence electrons. The van der Waals surface area contributed by atoms with Gasteiger partial charge in [0.1, 0.15) is 17.9 Å². The Hall–Kier alpha value is -2.53. The summed E-state index contributed by atoms with van der Waals surface area (Å²) in [6.07, 6.45) is 8.68. The van der Waals surface area contributed by atoms with Crippen LogP contribution in [-0.4, -0.2) is 70.5 Å². The highest BCUT2D eigenvalue weighted by Crippen LogP contribution is 2.45. The van der Waals surface area contributed by atoms with Gasteiger partial charge in [-0.15, -0.1) is 0 Å². The number of methoxy groups -OCH3 is 1. The maximum absolute atomic E-state index is 13.6. The normalized spacial score (nSPS) is 34.6. The molecule has 6 atom stereocenters. The van der Waals surface area contributed by atoms with Crippen molar-refractivity contribution in [2.24, 2.45) is 11.7 Å². The van der Waals surface area contributed by atoms with Gasteiger partial charge in [0.2, 0.25) is 5.91 Å². The highest BCUT2D eigenvalue weighted by atomic mass is 32.1. The average molecular weight is 515 g/mol. The van der Waals surface area contributed by atoms with Crippen molar-refractivity contribution in [3.8, 4) is 5.19 Å². The molecule has 1 aromatic heterocycles. The van der Waals surface area contributed by atoms with Crippen molar-refractivity contribution in [3.05, 3.63) is 36.4 Å². The molecule has 1 saturated heterocycles. The van der Waals surface area contributed by atoms with Gasteiger partial charge in [-0.05, 0) is 37.8 Å². The van der Waals surface area contributed by atoms with Gasteiger partial charge in [-0.3, -0.25) is 9.69 Å². The smallest absolute Gasteiger partial charge is 0.330 e. The molecule has 10 heteroatoms. The Morgan fingerprint density at radius 3 is 2.92 bits per heavy atom. The van der Waals surface area contributed by atoms with Gasteiger partial charge in [0, 0.05) is 32.0 Å². The largest absolute Gasteiger partial charge is 0.479 e. The predicted octanol–water partition coefficient (Wildman–Crippen LogP) is 2.90. The molecule has 1 aromatic carbocycles. The van der Waals surface area contributed by atoms with Crippen LogP contribution in [0.5, 0.6) is 5.19 Å². The second-order valence-electron chi connectivity index (χ2n) is 10.1. The van der Waals surface area contributed by atoms with Crippen molar-refractivity contribution < 1.29 is 24.2 Å². The van der Waals surface area contributed by atoms with Crippen LogP contribution in [0.2, 0.25) is 0 Å². The molecule has 4 N–H and O–H groups in total. The van der Waals surface area contributed by atoms with E-state index in [4.69, 9.17) is 15.2 Å². The maximum Gasteiger partial charge on any atom is 0.330 e. The second kappa shape index (κ2) is 10.5. The highest BCUT2D eigenvalue weighted by molar-refractivity contribution is 7.20. The molecule has 5 rings (SSSR count). The number of rotatable bonds is 4. The summed E-state index contributed by atoms with van der Waals surface area (Å²) < 4.78 is 13.1. The van der Waals surface area contributed by atoms with Crippen molar-refractivity contribution in [1.29, 1.82) is 0 Å². The van der Waals surface area contributed by atoms with Crippen molar-refractivity contribution in [1.82, 2.24) is 15.2 Å². The van der Waals surface area contributed by atoms with Crippen LogP contribution in [0.4, 0.5) is 0 Å². The summed E-state index contributed by atoms with van der Waals surface area (Å²) in [5.41, 5.74) is 6.19. The van der Waals surface area contributed by atoms with E-state index in [1.807, 2.05) is 41.3 Å².